The second-order valence-electron chi connectivity index (χ2n) is 4.25. The van der Waals surface area contributed by atoms with Gasteiger partial charge in [0.05, 0.1) is 6.07 Å². The van der Waals surface area contributed by atoms with E-state index in [1.165, 1.54) is 24.3 Å². The van der Waals surface area contributed by atoms with Crippen LogP contribution in [-0.4, -0.2) is 4.92 Å². The lowest BCUT2D eigenvalue weighted by Crippen LogP contribution is -1.99. The number of rotatable bonds is 3. The molecule has 0 saturated heterocycles. The van der Waals surface area contributed by atoms with Crippen LogP contribution in [0.5, 0.6) is 0 Å². The van der Waals surface area contributed by atoms with Gasteiger partial charge in [-0.1, -0.05) is 0 Å². The highest BCUT2D eigenvalue weighted by atomic mass is 35.5. The Labute approximate surface area is 113 Å². The summed E-state index contributed by atoms with van der Waals surface area (Å²) in [5.41, 5.74) is 2.06. The average molecular weight is 284 g/mol. The third kappa shape index (κ3) is 2.61. The molecule has 19 heavy (non-hydrogen) atoms. The van der Waals surface area contributed by atoms with Gasteiger partial charge in [-0.05, 0) is 48.7 Å². The van der Waals surface area contributed by atoms with Crippen molar-refractivity contribution in [1.82, 2.24) is 0 Å². The van der Waals surface area contributed by atoms with Gasteiger partial charge in [0.2, 0.25) is 0 Å². The van der Waals surface area contributed by atoms with Crippen LogP contribution >= 0.6 is 11.6 Å². The van der Waals surface area contributed by atoms with Gasteiger partial charge in [0.15, 0.2) is 0 Å². The van der Waals surface area contributed by atoms with Crippen molar-refractivity contribution in [3.05, 3.63) is 62.6 Å². The average Bonchev–Trinajstić information content (AvgIpc) is 2.76. The molecule has 0 aliphatic carbocycles. The van der Waals surface area contributed by atoms with Gasteiger partial charge in [-0.3, -0.25) is 10.1 Å². The Kier molecular flexibility index (Phi) is 3.57. The van der Waals surface area contributed by atoms with E-state index in [-0.39, 0.29) is 17.5 Å². The fraction of sp³-hybridized carbons (Fsp3) is 0.231. The summed E-state index contributed by atoms with van der Waals surface area (Å²) >= 11 is 6.27. The van der Waals surface area contributed by atoms with Crippen LogP contribution in [0.3, 0.4) is 0 Å². The summed E-state index contributed by atoms with van der Waals surface area (Å²) < 4.78 is 18.3. The van der Waals surface area contributed by atoms with Crippen molar-refractivity contribution in [2.45, 2.75) is 19.2 Å². The molecule has 0 aliphatic heterocycles. The molecule has 0 aliphatic rings. The van der Waals surface area contributed by atoms with E-state index in [2.05, 4.69) is 0 Å². The van der Waals surface area contributed by atoms with Gasteiger partial charge in [0.1, 0.15) is 21.9 Å². The monoisotopic (exact) mass is 283 g/mol. The predicted octanol–water partition coefficient (Wildman–Crippen LogP) is 4.27. The van der Waals surface area contributed by atoms with E-state index in [4.69, 9.17) is 16.0 Å². The zero-order valence-electron chi connectivity index (χ0n) is 10.3. The maximum atomic E-state index is 13.2. The molecule has 0 amide bonds. The second kappa shape index (κ2) is 5.01. The van der Waals surface area contributed by atoms with Crippen molar-refractivity contribution in [2.24, 2.45) is 0 Å². The Hall–Kier alpha value is -1.88. The normalized spacial score (nSPS) is 12.4. The van der Waals surface area contributed by atoms with E-state index in [9.17, 15) is 14.5 Å². The SMILES string of the molecule is Cc1cc(F)cc(C)c1C(Cl)c1ccc([N+](=O)[O-])o1. The minimum Gasteiger partial charge on any atom is -0.404 e. The lowest BCUT2D eigenvalue weighted by molar-refractivity contribution is -0.402. The molecule has 2 rings (SSSR count). The molecule has 100 valence electrons. The van der Waals surface area contributed by atoms with Crippen LogP contribution in [0.1, 0.15) is 27.8 Å². The maximum absolute atomic E-state index is 13.2. The van der Waals surface area contributed by atoms with Gasteiger partial charge in [-0.25, -0.2) is 4.39 Å². The lowest BCUT2D eigenvalue weighted by atomic mass is 9.98. The molecule has 4 nitrogen and oxygen atoms in total. The molecule has 0 radical (unpaired) electrons. The van der Waals surface area contributed by atoms with Crippen LogP contribution in [-0.2, 0) is 0 Å². The van der Waals surface area contributed by atoms with Crippen molar-refractivity contribution in [2.75, 3.05) is 0 Å². The number of hydrogen-bond donors (Lipinski definition) is 0. The first kappa shape index (κ1) is 13.5. The predicted molar refractivity (Wildman–Crippen MR) is 68.9 cm³/mol. The molecular weight excluding hydrogens is 273 g/mol. The van der Waals surface area contributed by atoms with E-state index >= 15 is 0 Å². The molecule has 1 atom stereocenters. The largest absolute Gasteiger partial charge is 0.433 e. The Morgan fingerprint density at radius 2 is 1.89 bits per heavy atom. The number of halogens is 2. The number of nitro groups is 1. The van der Waals surface area contributed by atoms with Crippen LogP contribution in [0, 0.1) is 29.8 Å². The number of alkyl halides is 1. The minimum absolute atomic E-state index is 0.270. The maximum Gasteiger partial charge on any atom is 0.433 e. The summed E-state index contributed by atoms with van der Waals surface area (Å²) in [5, 5.41) is 9.89. The van der Waals surface area contributed by atoms with E-state index in [0.29, 0.717) is 16.7 Å². The van der Waals surface area contributed by atoms with Gasteiger partial charge in [-0.2, -0.15) is 0 Å². The fourth-order valence-electron chi connectivity index (χ4n) is 2.04. The highest BCUT2D eigenvalue weighted by molar-refractivity contribution is 6.22. The number of nitrogens with zero attached hydrogens (tertiary/aromatic N) is 1. The zero-order chi connectivity index (χ0) is 14.2. The van der Waals surface area contributed by atoms with E-state index in [1.807, 2.05) is 0 Å². The lowest BCUT2D eigenvalue weighted by Gasteiger charge is -2.13. The first-order valence-corrected chi connectivity index (χ1v) is 5.98. The molecule has 1 aromatic carbocycles. The summed E-state index contributed by atoms with van der Waals surface area (Å²) in [5.74, 6) is -0.433. The standard InChI is InChI=1S/C13H11ClFNO3/c1-7-5-9(15)6-8(2)12(7)13(14)10-3-4-11(19-10)16(17)18/h3-6,13H,1-2H3. The zero-order valence-corrected chi connectivity index (χ0v) is 11.1. The molecule has 2 aromatic rings. The smallest absolute Gasteiger partial charge is 0.404 e. The third-order valence-electron chi connectivity index (χ3n) is 2.85. The summed E-state index contributed by atoms with van der Waals surface area (Å²) in [6.45, 7) is 3.47. The Morgan fingerprint density at radius 1 is 1.32 bits per heavy atom. The minimum atomic E-state index is -0.686. The van der Waals surface area contributed by atoms with Crippen LogP contribution in [0.2, 0.25) is 0 Å². The van der Waals surface area contributed by atoms with Crippen molar-refractivity contribution in [3.63, 3.8) is 0 Å². The summed E-state index contributed by atoms with van der Waals surface area (Å²) in [6.07, 6.45) is 0. The molecule has 6 heteroatoms. The first-order chi connectivity index (χ1) is 8.90. The first-order valence-electron chi connectivity index (χ1n) is 5.55. The molecule has 0 fully saturated rings. The summed E-state index contributed by atoms with van der Waals surface area (Å²) in [4.78, 5) is 9.94. The van der Waals surface area contributed by atoms with Gasteiger partial charge < -0.3 is 4.42 Å². The molecule has 0 bridgehead atoms. The van der Waals surface area contributed by atoms with E-state index < -0.39 is 10.3 Å². The molecule has 0 N–H and O–H groups in total. The van der Waals surface area contributed by atoms with Crippen molar-refractivity contribution in [1.29, 1.82) is 0 Å². The topological polar surface area (TPSA) is 56.3 Å². The number of furan rings is 1. The van der Waals surface area contributed by atoms with Gasteiger partial charge in [-0.15, -0.1) is 11.6 Å². The van der Waals surface area contributed by atoms with Gasteiger partial charge in [0.25, 0.3) is 0 Å². The number of hydrogen-bond acceptors (Lipinski definition) is 3. The van der Waals surface area contributed by atoms with Crippen LogP contribution in [0.4, 0.5) is 10.3 Å². The van der Waals surface area contributed by atoms with Crippen LogP contribution in [0.25, 0.3) is 0 Å². The Balaban J connectivity index is 2.43. The van der Waals surface area contributed by atoms with Crippen molar-refractivity contribution < 1.29 is 13.7 Å². The number of aryl methyl sites for hydroxylation is 2. The molecule has 0 saturated carbocycles. The molecule has 1 heterocycles. The van der Waals surface area contributed by atoms with Crippen molar-refractivity contribution >= 4 is 17.5 Å². The summed E-state index contributed by atoms with van der Waals surface area (Å²) in [7, 11) is 0. The molecule has 0 spiro atoms. The quantitative estimate of drug-likeness (QED) is 0.480. The highest BCUT2D eigenvalue weighted by Gasteiger charge is 2.22. The third-order valence-corrected chi connectivity index (χ3v) is 3.29. The highest BCUT2D eigenvalue weighted by Crippen LogP contribution is 2.35. The fourth-order valence-corrected chi connectivity index (χ4v) is 2.50. The molecule has 1 aromatic heterocycles. The van der Waals surface area contributed by atoms with Gasteiger partial charge in [0, 0.05) is 0 Å². The van der Waals surface area contributed by atoms with E-state index in [0.717, 1.165) is 0 Å². The number of benzene rings is 1. The summed E-state index contributed by atoms with van der Waals surface area (Å²) in [6, 6.07) is 5.45. The van der Waals surface area contributed by atoms with Crippen molar-refractivity contribution in [3.8, 4) is 0 Å². The van der Waals surface area contributed by atoms with Crippen LogP contribution < -0.4 is 0 Å². The van der Waals surface area contributed by atoms with Gasteiger partial charge >= 0.3 is 5.88 Å². The Morgan fingerprint density at radius 3 is 2.37 bits per heavy atom. The molecule has 1 unspecified atom stereocenters. The van der Waals surface area contributed by atoms with Crippen LogP contribution in [0.15, 0.2) is 28.7 Å². The molecular formula is C13H11ClFNO3. The second-order valence-corrected chi connectivity index (χ2v) is 4.69. The van der Waals surface area contributed by atoms with E-state index in [1.54, 1.807) is 13.8 Å². The Bertz CT molecular complexity index is 616.